The third-order valence-corrected chi connectivity index (χ3v) is 5.09. The molecule has 0 radical (unpaired) electrons. The van der Waals surface area contributed by atoms with Crippen molar-refractivity contribution < 1.29 is 9.59 Å². The van der Waals surface area contributed by atoms with E-state index in [4.69, 9.17) is 34.8 Å². The molecule has 2 rings (SSSR count). The van der Waals surface area contributed by atoms with Crippen LogP contribution in [0.5, 0.6) is 0 Å². The van der Waals surface area contributed by atoms with Crippen molar-refractivity contribution >= 4 is 46.6 Å². The molecule has 0 aliphatic heterocycles. The van der Waals surface area contributed by atoms with Crippen molar-refractivity contribution in [1.82, 2.24) is 10.2 Å². The lowest BCUT2D eigenvalue weighted by Crippen LogP contribution is -2.48. The highest BCUT2D eigenvalue weighted by atomic mass is 35.5. The van der Waals surface area contributed by atoms with Crippen LogP contribution in [0, 0.1) is 0 Å². The first-order chi connectivity index (χ1) is 12.8. The Labute approximate surface area is 174 Å². The van der Waals surface area contributed by atoms with Crippen LogP contribution in [0.25, 0.3) is 0 Å². The van der Waals surface area contributed by atoms with Crippen LogP contribution in [0.2, 0.25) is 15.1 Å². The van der Waals surface area contributed by atoms with E-state index in [1.54, 1.807) is 42.3 Å². The van der Waals surface area contributed by atoms with Gasteiger partial charge >= 0.3 is 0 Å². The van der Waals surface area contributed by atoms with Crippen LogP contribution in [0.4, 0.5) is 0 Å². The summed E-state index contributed by atoms with van der Waals surface area (Å²) in [5.41, 5.74) is 1.55. The topological polar surface area (TPSA) is 49.4 Å². The maximum Gasteiger partial charge on any atom is 0.242 e. The molecule has 0 bridgehead atoms. The summed E-state index contributed by atoms with van der Waals surface area (Å²) in [7, 11) is 1.56. The lowest BCUT2D eigenvalue weighted by atomic mass is 10.1. The maximum atomic E-state index is 13.1. The molecule has 0 fully saturated rings. The first kappa shape index (κ1) is 21.5. The molecule has 0 heterocycles. The standard InChI is InChI=1S/C20H21Cl3N2O2/c1-3-18(20(27)24-2)25(12-13-4-7-15(21)8-5-13)19(26)10-14-6-9-16(22)11-17(14)23/h4-9,11,18H,3,10,12H2,1-2H3,(H,24,27)/t18-/m0/s1. The molecule has 2 amide bonds. The van der Waals surface area contributed by atoms with Crippen LogP contribution in [0.15, 0.2) is 42.5 Å². The van der Waals surface area contributed by atoms with Gasteiger partial charge in [0.1, 0.15) is 6.04 Å². The molecule has 1 atom stereocenters. The Morgan fingerprint density at radius 1 is 1.04 bits per heavy atom. The van der Waals surface area contributed by atoms with Crippen molar-refractivity contribution in [2.45, 2.75) is 32.4 Å². The van der Waals surface area contributed by atoms with Gasteiger partial charge < -0.3 is 10.2 Å². The van der Waals surface area contributed by atoms with Crippen LogP contribution >= 0.6 is 34.8 Å². The summed E-state index contributed by atoms with van der Waals surface area (Å²) in [4.78, 5) is 27.0. The van der Waals surface area contributed by atoms with Crippen molar-refractivity contribution in [1.29, 1.82) is 0 Å². The Kier molecular flexibility index (Phi) is 7.96. The third-order valence-electron chi connectivity index (χ3n) is 4.26. The number of halogens is 3. The van der Waals surface area contributed by atoms with Gasteiger partial charge in [0.05, 0.1) is 6.42 Å². The summed E-state index contributed by atoms with van der Waals surface area (Å²) in [6, 6.07) is 11.6. The highest BCUT2D eigenvalue weighted by molar-refractivity contribution is 6.35. The lowest BCUT2D eigenvalue weighted by Gasteiger charge is -2.30. The fourth-order valence-corrected chi connectivity index (χ4v) is 3.40. The highest BCUT2D eigenvalue weighted by Crippen LogP contribution is 2.23. The number of carbonyl (C=O) groups excluding carboxylic acids is 2. The van der Waals surface area contributed by atoms with E-state index < -0.39 is 6.04 Å². The zero-order valence-electron chi connectivity index (χ0n) is 15.1. The summed E-state index contributed by atoms with van der Waals surface area (Å²) >= 11 is 18.1. The largest absolute Gasteiger partial charge is 0.357 e. The summed E-state index contributed by atoms with van der Waals surface area (Å²) in [6.45, 7) is 2.17. The summed E-state index contributed by atoms with van der Waals surface area (Å²) in [5, 5.41) is 4.18. The van der Waals surface area contributed by atoms with E-state index in [1.165, 1.54) is 0 Å². The fourth-order valence-electron chi connectivity index (χ4n) is 2.80. The molecule has 2 aromatic rings. The minimum absolute atomic E-state index is 0.0804. The maximum absolute atomic E-state index is 13.1. The van der Waals surface area contributed by atoms with E-state index in [-0.39, 0.29) is 18.2 Å². The fraction of sp³-hybridized carbons (Fsp3) is 0.300. The average molecular weight is 428 g/mol. The second-order valence-corrected chi connectivity index (χ2v) is 7.38. The van der Waals surface area contributed by atoms with Gasteiger partial charge in [-0.25, -0.2) is 0 Å². The van der Waals surface area contributed by atoms with Crippen molar-refractivity contribution in [2.75, 3.05) is 7.05 Å². The van der Waals surface area contributed by atoms with E-state index in [9.17, 15) is 9.59 Å². The van der Waals surface area contributed by atoms with Crippen LogP contribution in [-0.2, 0) is 22.6 Å². The molecule has 0 spiro atoms. The van der Waals surface area contributed by atoms with Crippen molar-refractivity contribution in [3.63, 3.8) is 0 Å². The molecule has 0 unspecified atom stereocenters. The van der Waals surface area contributed by atoms with Gasteiger partial charge in [-0.2, -0.15) is 0 Å². The van der Waals surface area contributed by atoms with Gasteiger partial charge in [0.2, 0.25) is 11.8 Å². The second-order valence-electron chi connectivity index (χ2n) is 6.10. The Bertz CT molecular complexity index is 809. The molecule has 0 saturated carbocycles. The smallest absolute Gasteiger partial charge is 0.242 e. The average Bonchev–Trinajstić information content (AvgIpc) is 2.65. The normalized spacial score (nSPS) is 11.7. The Morgan fingerprint density at radius 2 is 1.67 bits per heavy atom. The molecule has 144 valence electrons. The zero-order chi connectivity index (χ0) is 20.0. The molecule has 0 aromatic heterocycles. The van der Waals surface area contributed by atoms with E-state index in [0.29, 0.717) is 33.6 Å². The molecule has 0 aliphatic rings. The van der Waals surface area contributed by atoms with Crippen molar-refractivity contribution in [3.8, 4) is 0 Å². The van der Waals surface area contributed by atoms with E-state index in [2.05, 4.69) is 5.32 Å². The number of hydrogen-bond donors (Lipinski definition) is 1. The summed E-state index contributed by atoms with van der Waals surface area (Å²) in [5.74, 6) is -0.397. The lowest BCUT2D eigenvalue weighted by molar-refractivity contribution is -0.140. The molecule has 2 aromatic carbocycles. The first-order valence-corrected chi connectivity index (χ1v) is 9.68. The van der Waals surface area contributed by atoms with E-state index >= 15 is 0 Å². The van der Waals surface area contributed by atoms with Gasteiger partial charge in [0, 0.05) is 28.7 Å². The van der Waals surface area contributed by atoms with Gasteiger partial charge in [-0.3, -0.25) is 9.59 Å². The minimum Gasteiger partial charge on any atom is -0.357 e. The van der Waals surface area contributed by atoms with Crippen molar-refractivity contribution in [2.24, 2.45) is 0 Å². The predicted octanol–water partition coefficient (Wildman–Crippen LogP) is 4.74. The molecule has 27 heavy (non-hydrogen) atoms. The Morgan fingerprint density at radius 3 is 2.22 bits per heavy atom. The number of carbonyl (C=O) groups is 2. The SMILES string of the molecule is CC[C@@H](C(=O)NC)N(Cc1ccc(Cl)cc1)C(=O)Cc1ccc(Cl)cc1Cl. The molecule has 7 heteroatoms. The minimum atomic E-state index is -0.579. The van der Waals surface area contributed by atoms with Gasteiger partial charge in [-0.15, -0.1) is 0 Å². The van der Waals surface area contributed by atoms with E-state index in [1.807, 2.05) is 19.1 Å². The van der Waals surface area contributed by atoms with Crippen molar-refractivity contribution in [3.05, 3.63) is 68.7 Å². The first-order valence-electron chi connectivity index (χ1n) is 8.55. The van der Waals surface area contributed by atoms with Crippen LogP contribution in [0.3, 0.4) is 0 Å². The molecule has 1 N–H and O–H groups in total. The number of nitrogens with zero attached hydrogens (tertiary/aromatic N) is 1. The third kappa shape index (κ3) is 5.86. The van der Waals surface area contributed by atoms with Gasteiger partial charge in [0.15, 0.2) is 0 Å². The number of rotatable bonds is 7. The van der Waals surface area contributed by atoms with E-state index in [0.717, 1.165) is 5.56 Å². The second kappa shape index (κ2) is 9.98. The Balaban J connectivity index is 2.30. The number of amides is 2. The molecular formula is C20H21Cl3N2O2. The Hall–Kier alpha value is -1.75. The molecule has 0 aliphatic carbocycles. The monoisotopic (exact) mass is 426 g/mol. The summed E-state index contributed by atoms with van der Waals surface area (Å²) < 4.78 is 0. The predicted molar refractivity (Wildman–Crippen MR) is 110 cm³/mol. The number of hydrogen-bond acceptors (Lipinski definition) is 2. The van der Waals surface area contributed by atoms with Gasteiger partial charge in [-0.05, 0) is 41.8 Å². The molecule has 4 nitrogen and oxygen atoms in total. The summed E-state index contributed by atoms with van der Waals surface area (Å²) in [6.07, 6.45) is 0.574. The van der Waals surface area contributed by atoms with Gasteiger partial charge in [0.25, 0.3) is 0 Å². The van der Waals surface area contributed by atoms with Gasteiger partial charge in [-0.1, -0.05) is 59.9 Å². The number of likely N-dealkylation sites (N-methyl/N-ethyl adjacent to an activating group) is 1. The van der Waals surface area contributed by atoms with Crippen LogP contribution in [-0.4, -0.2) is 29.8 Å². The highest BCUT2D eigenvalue weighted by Gasteiger charge is 2.28. The zero-order valence-corrected chi connectivity index (χ0v) is 17.4. The number of benzene rings is 2. The molecule has 0 saturated heterocycles. The quantitative estimate of drug-likeness (QED) is 0.693. The van der Waals surface area contributed by atoms with Crippen LogP contribution in [0.1, 0.15) is 24.5 Å². The molecular weight excluding hydrogens is 407 g/mol. The number of nitrogens with one attached hydrogen (secondary N) is 1. The van der Waals surface area contributed by atoms with Crippen LogP contribution < -0.4 is 5.32 Å².